The lowest BCUT2D eigenvalue weighted by molar-refractivity contribution is -0.134. The smallest absolute Gasteiger partial charge is 0.325 e. The Bertz CT molecular complexity index is 807. The van der Waals surface area contributed by atoms with Crippen LogP contribution in [0.1, 0.15) is 17.4 Å². The summed E-state index contributed by atoms with van der Waals surface area (Å²) < 4.78 is 13.1. The zero-order valence-corrected chi connectivity index (χ0v) is 14.2. The Morgan fingerprint density at radius 3 is 2.64 bits per heavy atom. The average molecular weight is 361 g/mol. The molecular formula is C17H16FN3O3S. The minimum atomic E-state index is -1.32. The molecule has 2 aromatic rings. The van der Waals surface area contributed by atoms with Crippen molar-refractivity contribution in [2.75, 3.05) is 6.54 Å². The van der Waals surface area contributed by atoms with Crippen LogP contribution in [0.4, 0.5) is 9.18 Å². The number of carbonyl (C=O) groups is 3. The molecule has 25 heavy (non-hydrogen) atoms. The van der Waals surface area contributed by atoms with Gasteiger partial charge in [0.1, 0.15) is 17.9 Å². The van der Waals surface area contributed by atoms with Gasteiger partial charge in [-0.25, -0.2) is 9.18 Å². The van der Waals surface area contributed by atoms with Crippen molar-refractivity contribution in [3.8, 4) is 0 Å². The number of nitrogens with zero attached hydrogens (tertiary/aromatic N) is 1. The van der Waals surface area contributed by atoms with Crippen LogP contribution in [-0.4, -0.2) is 29.3 Å². The number of hydrogen-bond acceptors (Lipinski definition) is 4. The van der Waals surface area contributed by atoms with Gasteiger partial charge < -0.3 is 10.6 Å². The van der Waals surface area contributed by atoms with Gasteiger partial charge in [-0.3, -0.25) is 14.5 Å². The van der Waals surface area contributed by atoms with Gasteiger partial charge in [0.15, 0.2) is 0 Å². The van der Waals surface area contributed by atoms with Crippen LogP contribution in [0.25, 0.3) is 0 Å². The number of halogens is 1. The first kappa shape index (κ1) is 17.1. The Labute approximate surface area is 147 Å². The molecule has 1 fully saturated rings. The zero-order valence-electron chi connectivity index (χ0n) is 13.4. The lowest BCUT2D eigenvalue weighted by atomic mass is 9.92. The summed E-state index contributed by atoms with van der Waals surface area (Å²) in [5.74, 6) is -1.41. The molecule has 1 atom stereocenters. The second-order valence-electron chi connectivity index (χ2n) is 5.81. The maximum atomic E-state index is 13.1. The van der Waals surface area contributed by atoms with Gasteiger partial charge in [-0.15, -0.1) is 11.3 Å². The van der Waals surface area contributed by atoms with Crippen molar-refractivity contribution in [1.29, 1.82) is 0 Å². The van der Waals surface area contributed by atoms with Crippen LogP contribution in [0.15, 0.2) is 41.8 Å². The molecule has 1 aromatic heterocycles. The molecule has 0 spiro atoms. The zero-order chi connectivity index (χ0) is 18.0. The molecule has 130 valence electrons. The molecular weight excluding hydrogens is 345 g/mol. The lowest BCUT2D eigenvalue weighted by Crippen LogP contribution is -2.43. The minimum Gasteiger partial charge on any atom is -0.350 e. The van der Waals surface area contributed by atoms with Crippen LogP contribution in [0.3, 0.4) is 0 Å². The number of nitrogens with one attached hydrogen (secondary N) is 2. The summed E-state index contributed by atoms with van der Waals surface area (Å²) in [5.41, 5.74) is -0.868. The van der Waals surface area contributed by atoms with E-state index in [1.807, 2.05) is 17.5 Å². The summed E-state index contributed by atoms with van der Waals surface area (Å²) in [6.07, 6.45) is 0. The van der Waals surface area contributed by atoms with E-state index in [4.69, 9.17) is 0 Å². The summed E-state index contributed by atoms with van der Waals surface area (Å²) in [6.45, 7) is 1.51. The van der Waals surface area contributed by atoms with E-state index in [0.29, 0.717) is 12.1 Å². The highest BCUT2D eigenvalue weighted by atomic mass is 32.1. The number of thiophene rings is 1. The van der Waals surface area contributed by atoms with E-state index >= 15 is 0 Å². The van der Waals surface area contributed by atoms with Crippen LogP contribution in [0.5, 0.6) is 0 Å². The van der Waals surface area contributed by atoms with Crippen molar-refractivity contribution in [2.24, 2.45) is 0 Å². The maximum Gasteiger partial charge on any atom is 0.325 e. The van der Waals surface area contributed by atoms with Crippen LogP contribution in [0, 0.1) is 5.82 Å². The number of imide groups is 1. The van der Waals surface area contributed by atoms with Crippen LogP contribution < -0.4 is 10.6 Å². The van der Waals surface area contributed by atoms with Crippen molar-refractivity contribution in [3.63, 3.8) is 0 Å². The largest absolute Gasteiger partial charge is 0.350 e. The number of hydrogen-bond donors (Lipinski definition) is 2. The number of urea groups is 1. The second-order valence-corrected chi connectivity index (χ2v) is 6.84. The third kappa shape index (κ3) is 3.39. The van der Waals surface area contributed by atoms with Gasteiger partial charge >= 0.3 is 6.03 Å². The van der Waals surface area contributed by atoms with E-state index in [0.717, 1.165) is 9.78 Å². The van der Waals surface area contributed by atoms with E-state index in [9.17, 15) is 18.8 Å². The molecule has 1 unspecified atom stereocenters. The quantitative estimate of drug-likeness (QED) is 0.800. The third-order valence-electron chi connectivity index (χ3n) is 4.04. The van der Waals surface area contributed by atoms with Gasteiger partial charge in [0.05, 0.1) is 6.54 Å². The van der Waals surface area contributed by atoms with Crippen molar-refractivity contribution in [1.82, 2.24) is 15.5 Å². The van der Waals surface area contributed by atoms with E-state index < -0.39 is 29.2 Å². The predicted octanol–water partition coefficient (Wildman–Crippen LogP) is 1.97. The Kier molecular flexibility index (Phi) is 4.54. The summed E-state index contributed by atoms with van der Waals surface area (Å²) in [5, 5.41) is 7.15. The van der Waals surface area contributed by atoms with Gasteiger partial charge in [0.25, 0.3) is 5.91 Å². The topological polar surface area (TPSA) is 78.5 Å². The van der Waals surface area contributed by atoms with Crippen molar-refractivity contribution < 1.29 is 18.8 Å². The first-order chi connectivity index (χ1) is 11.9. The van der Waals surface area contributed by atoms with Gasteiger partial charge in [-0.05, 0) is 36.1 Å². The highest BCUT2D eigenvalue weighted by molar-refractivity contribution is 7.09. The molecule has 1 saturated heterocycles. The normalized spacial score (nSPS) is 19.8. The first-order valence-corrected chi connectivity index (χ1v) is 8.47. The molecule has 0 bridgehead atoms. The fourth-order valence-electron chi connectivity index (χ4n) is 2.62. The van der Waals surface area contributed by atoms with Gasteiger partial charge in [0, 0.05) is 4.88 Å². The highest BCUT2D eigenvalue weighted by Crippen LogP contribution is 2.28. The van der Waals surface area contributed by atoms with Gasteiger partial charge in [-0.1, -0.05) is 18.2 Å². The Hall–Kier alpha value is -2.74. The van der Waals surface area contributed by atoms with E-state index in [-0.39, 0.29) is 6.54 Å². The summed E-state index contributed by atoms with van der Waals surface area (Å²) >= 11 is 1.50. The molecule has 2 heterocycles. The van der Waals surface area contributed by atoms with Crippen LogP contribution >= 0.6 is 11.3 Å². The summed E-state index contributed by atoms with van der Waals surface area (Å²) in [7, 11) is 0. The van der Waals surface area contributed by atoms with Crippen LogP contribution in [0.2, 0.25) is 0 Å². The molecule has 8 heteroatoms. The number of amides is 4. The number of carbonyl (C=O) groups excluding carboxylic acids is 3. The molecule has 0 aliphatic carbocycles. The maximum absolute atomic E-state index is 13.1. The standard InChI is InChI=1S/C17H16FN3O3S/c1-17(11-4-6-12(18)7-5-11)15(23)21(16(24)20-17)10-14(22)19-9-13-3-2-8-25-13/h2-8H,9-10H2,1H3,(H,19,22)(H,20,24). The average Bonchev–Trinajstić information content (AvgIpc) is 3.17. The monoisotopic (exact) mass is 361 g/mol. The Balaban J connectivity index is 1.68. The molecule has 4 amide bonds. The fourth-order valence-corrected chi connectivity index (χ4v) is 3.26. The van der Waals surface area contributed by atoms with Gasteiger partial charge in [0.2, 0.25) is 5.91 Å². The summed E-state index contributed by atoms with van der Waals surface area (Å²) in [6, 6.07) is 8.42. The molecule has 1 aliphatic heterocycles. The van der Waals surface area contributed by atoms with Crippen molar-refractivity contribution in [2.45, 2.75) is 19.0 Å². The van der Waals surface area contributed by atoms with Crippen molar-refractivity contribution in [3.05, 3.63) is 58.0 Å². The molecule has 3 rings (SSSR count). The SMILES string of the molecule is CC1(c2ccc(F)cc2)NC(=O)N(CC(=O)NCc2cccs2)C1=O. The highest BCUT2D eigenvalue weighted by Gasteiger charge is 2.49. The molecule has 0 saturated carbocycles. The van der Waals surface area contributed by atoms with E-state index in [2.05, 4.69) is 10.6 Å². The second kappa shape index (κ2) is 6.64. The first-order valence-electron chi connectivity index (χ1n) is 7.59. The lowest BCUT2D eigenvalue weighted by Gasteiger charge is -2.22. The third-order valence-corrected chi connectivity index (χ3v) is 4.91. The molecule has 0 radical (unpaired) electrons. The number of benzene rings is 1. The Morgan fingerprint density at radius 1 is 1.28 bits per heavy atom. The van der Waals surface area contributed by atoms with Crippen LogP contribution in [-0.2, 0) is 21.7 Å². The number of rotatable bonds is 5. The molecule has 1 aliphatic rings. The summed E-state index contributed by atoms with van der Waals surface area (Å²) in [4.78, 5) is 38.7. The molecule has 2 N–H and O–H groups in total. The van der Waals surface area contributed by atoms with E-state index in [1.54, 1.807) is 0 Å². The van der Waals surface area contributed by atoms with E-state index in [1.165, 1.54) is 42.5 Å². The van der Waals surface area contributed by atoms with Crippen molar-refractivity contribution >= 4 is 29.2 Å². The molecule has 6 nitrogen and oxygen atoms in total. The minimum absolute atomic E-state index is 0.343. The van der Waals surface area contributed by atoms with Gasteiger partial charge in [-0.2, -0.15) is 0 Å². The molecule has 1 aromatic carbocycles. The predicted molar refractivity (Wildman–Crippen MR) is 90.2 cm³/mol. The fraction of sp³-hybridized carbons (Fsp3) is 0.235. The Morgan fingerprint density at radius 2 is 2.00 bits per heavy atom.